The molecule has 27 heavy (non-hydrogen) atoms. The zero-order chi connectivity index (χ0) is 19.2. The molecular formula is C23H36N2O2. The summed E-state index contributed by atoms with van der Waals surface area (Å²) in [6.45, 7) is 9.10. The molecule has 4 heteroatoms. The van der Waals surface area contributed by atoms with Crippen LogP contribution in [0.3, 0.4) is 0 Å². The van der Waals surface area contributed by atoms with Crippen molar-refractivity contribution in [2.45, 2.75) is 90.9 Å². The second-order valence-electron chi connectivity index (χ2n) is 10.8. The van der Waals surface area contributed by atoms with E-state index in [0.29, 0.717) is 5.41 Å². The summed E-state index contributed by atoms with van der Waals surface area (Å²) in [7, 11) is 0. The van der Waals surface area contributed by atoms with Gasteiger partial charge in [-0.2, -0.15) is 0 Å². The molecule has 1 N–H and O–H groups in total. The van der Waals surface area contributed by atoms with Crippen LogP contribution in [0.2, 0.25) is 0 Å². The van der Waals surface area contributed by atoms with E-state index in [0.717, 1.165) is 60.9 Å². The molecule has 4 nitrogen and oxygen atoms in total. The molecule has 4 saturated carbocycles. The van der Waals surface area contributed by atoms with E-state index in [1.54, 1.807) is 0 Å². The van der Waals surface area contributed by atoms with E-state index < -0.39 is 0 Å². The van der Waals surface area contributed by atoms with Crippen molar-refractivity contribution in [2.24, 2.45) is 23.2 Å². The van der Waals surface area contributed by atoms with Gasteiger partial charge in [-0.15, -0.1) is 0 Å². The highest BCUT2D eigenvalue weighted by atomic mass is 16.4. The van der Waals surface area contributed by atoms with Gasteiger partial charge in [0.05, 0.1) is 5.69 Å². The lowest BCUT2D eigenvalue weighted by atomic mass is 9.49. The second kappa shape index (κ2) is 6.93. The molecule has 4 aliphatic carbocycles. The Bertz CT molecular complexity index is 662. The van der Waals surface area contributed by atoms with Crippen LogP contribution in [0.5, 0.6) is 0 Å². The SMILES string of the molecule is Cc1nc(C(C)(C)C)oc1CCCNC(=O)CC12CC3CC(CC(C3)C1)C2. The number of hydrogen-bond donors (Lipinski definition) is 1. The Morgan fingerprint density at radius 3 is 2.26 bits per heavy atom. The first kappa shape index (κ1) is 19.0. The fourth-order valence-corrected chi connectivity index (χ4v) is 6.37. The largest absolute Gasteiger partial charge is 0.445 e. The lowest BCUT2D eigenvalue weighted by Crippen LogP contribution is -2.48. The van der Waals surface area contributed by atoms with Crippen LogP contribution in [0.25, 0.3) is 0 Å². The highest BCUT2D eigenvalue weighted by molar-refractivity contribution is 5.76. The molecule has 1 aromatic rings. The van der Waals surface area contributed by atoms with Gasteiger partial charge in [0.25, 0.3) is 0 Å². The van der Waals surface area contributed by atoms with Crippen LogP contribution in [0.15, 0.2) is 4.42 Å². The smallest absolute Gasteiger partial charge is 0.220 e. The van der Waals surface area contributed by atoms with Crippen LogP contribution in [0.1, 0.15) is 89.5 Å². The van der Waals surface area contributed by atoms with Crippen LogP contribution < -0.4 is 5.32 Å². The van der Waals surface area contributed by atoms with E-state index in [2.05, 4.69) is 31.1 Å². The Balaban J connectivity index is 1.23. The summed E-state index contributed by atoms with van der Waals surface area (Å²) in [5.74, 6) is 4.78. The van der Waals surface area contributed by atoms with E-state index in [-0.39, 0.29) is 11.3 Å². The number of hydrogen-bond acceptors (Lipinski definition) is 3. The monoisotopic (exact) mass is 372 g/mol. The molecule has 0 aliphatic heterocycles. The number of rotatable bonds is 6. The van der Waals surface area contributed by atoms with Crippen molar-refractivity contribution in [3.05, 3.63) is 17.3 Å². The number of aryl methyl sites for hydroxylation is 2. The summed E-state index contributed by atoms with van der Waals surface area (Å²) in [5, 5.41) is 3.18. The van der Waals surface area contributed by atoms with Crippen molar-refractivity contribution in [2.75, 3.05) is 6.54 Å². The highest BCUT2D eigenvalue weighted by Gasteiger charge is 2.51. The molecule has 0 radical (unpaired) electrons. The van der Waals surface area contributed by atoms with Crippen LogP contribution >= 0.6 is 0 Å². The maximum absolute atomic E-state index is 12.6. The van der Waals surface area contributed by atoms with E-state index in [1.165, 1.54) is 38.5 Å². The van der Waals surface area contributed by atoms with Crippen LogP contribution in [-0.2, 0) is 16.6 Å². The van der Waals surface area contributed by atoms with Gasteiger partial charge in [-0.05, 0) is 75.0 Å². The van der Waals surface area contributed by atoms with Gasteiger partial charge in [0, 0.05) is 24.8 Å². The zero-order valence-corrected chi connectivity index (χ0v) is 17.6. The number of carbonyl (C=O) groups excluding carboxylic acids is 1. The van der Waals surface area contributed by atoms with Crippen LogP contribution in [-0.4, -0.2) is 17.4 Å². The van der Waals surface area contributed by atoms with Gasteiger partial charge >= 0.3 is 0 Å². The summed E-state index contributed by atoms with van der Waals surface area (Å²) >= 11 is 0. The molecular weight excluding hydrogens is 336 g/mol. The summed E-state index contributed by atoms with van der Waals surface area (Å²) in [6.07, 6.45) is 10.7. The number of carbonyl (C=O) groups is 1. The minimum atomic E-state index is -0.0604. The fraction of sp³-hybridized carbons (Fsp3) is 0.826. The third kappa shape index (κ3) is 4.09. The Hall–Kier alpha value is -1.32. The van der Waals surface area contributed by atoms with Gasteiger partial charge in [-0.25, -0.2) is 4.98 Å². The normalized spacial score (nSPS) is 32.1. The van der Waals surface area contributed by atoms with Gasteiger partial charge in [0.1, 0.15) is 5.76 Å². The first-order valence-electron chi connectivity index (χ1n) is 11.0. The Morgan fingerprint density at radius 1 is 1.15 bits per heavy atom. The minimum absolute atomic E-state index is 0.0604. The Labute approximate surface area is 163 Å². The van der Waals surface area contributed by atoms with E-state index in [9.17, 15) is 4.79 Å². The average molecular weight is 373 g/mol. The summed E-state index contributed by atoms with van der Waals surface area (Å²) in [4.78, 5) is 17.2. The van der Waals surface area contributed by atoms with Gasteiger partial charge < -0.3 is 9.73 Å². The van der Waals surface area contributed by atoms with Gasteiger partial charge in [0.2, 0.25) is 5.91 Å². The molecule has 0 spiro atoms. The molecule has 0 unspecified atom stereocenters. The van der Waals surface area contributed by atoms with Gasteiger partial charge in [0.15, 0.2) is 5.89 Å². The predicted octanol–water partition coefficient (Wildman–Crippen LogP) is 4.94. The molecule has 4 fully saturated rings. The first-order valence-corrected chi connectivity index (χ1v) is 11.0. The van der Waals surface area contributed by atoms with E-state index in [1.807, 2.05) is 6.92 Å². The number of amides is 1. The van der Waals surface area contributed by atoms with Crippen molar-refractivity contribution >= 4 is 5.91 Å². The molecule has 5 rings (SSSR count). The zero-order valence-electron chi connectivity index (χ0n) is 17.6. The summed E-state index contributed by atoms with van der Waals surface area (Å²) in [6, 6.07) is 0. The fourth-order valence-electron chi connectivity index (χ4n) is 6.37. The third-order valence-electron chi connectivity index (χ3n) is 7.14. The highest BCUT2D eigenvalue weighted by Crippen LogP contribution is 2.61. The first-order chi connectivity index (χ1) is 12.7. The van der Waals surface area contributed by atoms with Crippen molar-refractivity contribution in [1.29, 1.82) is 0 Å². The predicted molar refractivity (Wildman–Crippen MR) is 106 cm³/mol. The van der Waals surface area contributed by atoms with Gasteiger partial charge in [-0.1, -0.05) is 20.8 Å². The van der Waals surface area contributed by atoms with E-state index >= 15 is 0 Å². The number of nitrogens with one attached hydrogen (secondary N) is 1. The molecule has 150 valence electrons. The molecule has 1 aromatic heterocycles. The molecule has 0 saturated heterocycles. The van der Waals surface area contributed by atoms with Crippen molar-refractivity contribution in [3.63, 3.8) is 0 Å². The maximum Gasteiger partial charge on any atom is 0.220 e. The second-order valence-corrected chi connectivity index (χ2v) is 10.8. The van der Waals surface area contributed by atoms with Crippen LogP contribution in [0.4, 0.5) is 0 Å². The molecule has 0 atom stereocenters. The third-order valence-corrected chi connectivity index (χ3v) is 7.14. The Kier molecular flexibility index (Phi) is 4.88. The molecule has 4 aliphatic rings. The lowest BCUT2D eigenvalue weighted by molar-refractivity contribution is -0.129. The summed E-state index contributed by atoms with van der Waals surface area (Å²) in [5.41, 5.74) is 1.26. The number of aromatic nitrogens is 1. The van der Waals surface area contributed by atoms with Crippen LogP contribution in [0, 0.1) is 30.1 Å². The van der Waals surface area contributed by atoms with Crippen molar-refractivity contribution in [1.82, 2.24) is 10.3 Å². The Morgan fingerprint density at radius 2 is 1.74 bits per heavy atom. The summed E-state index contributed by atoms with van der Waals surface area (Å²) < 4.78 is 5.95. The molecule has 1 amide bonds. The molecule has 1 heterocycles. The lowest BCUT2D eigenvalue weighted by Gasteiger charge is -2.56. The number of nitrogens with zero attached hydrogens (tertiary/aromatic N) is 1. The average Bonchev–Trinajstić information content (AvgIpc) is 2.91. The van der Waals surface area contributed by atoms with Crippen molar-refractivity contribution in [3.8, 4) is 0 Å². The maximum atomic E-state index is 12.6. The topological polar surface area (TPSA) is 55.1 Å². The minimum Gasteiger partial charge on any atom is -0.445 e. The van der Waals surface area contributed by atoms with Gasteiger partial charge in [-0.3, -0.25) is 4.79 Å². The quantitative estimate of drug-likeness (QED) is 0.720. The molecule has 4 bridgehead atoms. The molecule has 0 aromatic carbocycles. The van der Waals surface area contributed by atoms with E-state index in [4.69, 9.17) is 4.42 Å². The van der Waals surface area contributed by atoms with Crippen molar-refractivity contribution < 1.29 is 9.21 Å². The standard InChI is InChI=1S/C23H36N2O2/c1-15-19(27-21(25-15)22(2,3)4)6-5-7-24-20(26)14-23-11-16-8-17(12-23)10-18(9-16)13-23/h16-18H,5-14H2,1-4H3,(H,24,26). The number of oxazole rings is 1.